The highest BCUT2D eigenvalue weighted by Gasteiger charge is 2.06. The number of amides is 1. The Balaban J connectivity index is 1.51. The summed E-state index contributed by atoms with van der Waals surface area (Å²) in [6.45, 7) is 1.17. The monoisotopic (exact) mass is 340 g/mol. The molecule has 0 aliphatic carbocycles. The lowest BCUT2D eigenvalue weighted by atomic mass is 10.1. The molecule has 0 saturated carbocycles. The quantitative estimate of drug-likeness (QED) is 0.750. The summed E-state index contributed by atoms with van der Waals surface area (Å²) >= 11 is 6.07. The first-order chi connectivity index (χ1) is 11.7. The molecule has 5 nitrogen and oxygen atoms in total. The van der Waals surface area contributed by atoms with Gasteiger partial charge in [0.2, 0.25) is 5.91 Å². The van der Waals surface area contributed by atoms with Gasteiger partial charge < -0.3 is 5.32 Å². The van der Waals surface area contributed by atoms with Crippen LogP contribution in [-0.2, 0) is 24.3 Å². The highest BCUT2D eigenvalue weighted by Crippen LogP contribution is 2.15. The van der Waals surface area contributed by atoms with E-state index >= 15 is 0 Å². The molecule has 0 spiro atoms. The number of carbonyl (C=O) groups excluding carboxylic acids is 1. The molecule has 0 bridgehead atoms. The third-order valence-electron chi connectivity index (χ3n) is 3.63. The average Bonchev–Trinajstić information content (AvgIpc) is 3.09. The van der Waals surface area contributed by atoms with Gasteiger partial charge in [0.05, 0.1) is 13.0 Å². The number of nitrogens with zero attached hydrogens (tertiary/aromatic N) is 3. The minimum absolute atomic E-state index is 0.0465. The average molecular weight is 341 g/mol. The van der Waals surface area contributed by atoms with Crippen molar-refractivity contribution >= 4 is 17.5 Å². The summed E-state index contributed by atoms with van der Waals surface area (Å²) < 4.78 is 1.76. The summed E-state index contributed by atoms with van der Waals surface area (Å²) in [7, 11) is 0. The molecule has 24 heavy (non-hydrogen) atoms. The Morgan fingerprint density at radius 2 is 1.83 bits per heavy atom. The highest BCUT2D eigenvalue weighted by atomic mass is 35.5. The van der Waals surface area contributed by atoms with Crippen LogP contribution in [0, 0.1) is 0 Å². The van der Waals surface area contributed by atoms with E-state index in [1.54, 1.807) is 17.1 Å². The van der Waals surface area contributed by atoms with Gasteiger partial charge in [-0.1, -0.05) is 54.1 Å². The Labute approximate surface area is 145 Å². The fraction of sp³-hybridized carbons (Fsp3) is 0.167. The first kappa shape index (κ1) is 16.2. The number of halogens is 1. The zero-order valence-corrected chi connectivity index (χ0v) is 13.8. The molecule has 0 radical (unpaired) electrons. The Kier molecular flexibility index (Phi) is 5.23. The van der Waals surface area contributed by atoms with E-state index in [0.29, 0.717) is 18.1 Å². The Morgan fingerprint density at radius 3 is 2.54 bits per heavy atom. The van der Waals surface area contributed by atoms with E-state index in [9.17, 15) is 4.79 Å². The van der Waals surface area contributed by atoms with Gasteiger partial charge in [0.1, 0.15) is 12.7 Å². The second-order valence-corrected chi connectivity index (χ2v) is 5.86. The molecule has 6 heteroatoms. The molecule has 0 aliphatic heterocycles. The lowest BCUT2D eigenvalue weighted by Gasteiger charge is -2.08. The molecule has 2 aromatic carbocycles. The van der Waals surface area contributed by atoms with Crippen molar-refractivity contribution in [2.45, 2.75) is 19.5 Å². The van der Waals surface area contributed by atoms with Gasteiger partial charge in [-0.05, 0) is 22.8 Å². The van der Waals surface area contributed by atoms with Crippen molar-refractivity contribution in [1.29, 1.82) is 0 Å². The van der Waals surface area contributed by atoms with Crippen LogP contribution >= 0.6 is 11.6 Å². The zero-order valence-electron chi connectivity index (χ0n) is 13.0. The molecule has 0 fully saturated rings. The van der Waals surface area contributed by atoms with Gasteiger partial charge in [0.25, 0.3) is 0 Å². The lowest BCUT2D eigenvalue weighted by Crippen LogP contribution is -2.24. The van der Waals surface area contributed by atoms with Gasteiger partial charge in [-0.25, -0.2) is 9.67 Å². The minimum Gasteiger partial charge on any atom is -0.352 e. The van der Waals surface area contributed by atoms with Crippen molar-refractivity contribution < 1.29 is 4.79 Å². The normalized spacial score (nSPS) is 10.5. The molecule has 1 heterocycles. The van der Waals surface area contributed by atoms with Crippen molar-refractivity contribution in [3.8, 4) is 0 Å². The van der Waals surface area contributed by atoms with E-state index < -0.39 is 0 Å². The predicted molar refractivity (Wildman–Crippen MR) is 92.6 cm³/mol. The maximum atomic E-state index is 12.0. The molecule has 0 atom stereocenters. The van der Waals surface area contributed by atoms with Gasteiger partial charge in [-0.2, -0.15) is 5.10 Å². The third kappa shape index (κ3) is 4.43. The minimum atomic E-state index is -0.0465. The van der Waals surface area contributed by atoms with Gasteiger partial charge in [-0.15, -0.1) is 0 Å². The van der Waals surface area contributed by atoms with E-state index in [0.717, 1.165) is 16.7 Å². The predicted octanol–water partition coefficient (Wildman–Crippen LogP) is 2.84. The summed E-state index contributed by atoms with van der Waals surface area (Å²) in [5.41, 5.74) is 3.01. The highest BCUT2D eigenvalue weighted by molar-refractivity contribution is 6.31. The first-order valence-corrected chi connectivity index (χ1v) is 7.99. The van der Waals surface area contributed by atoms with Crippen LogP contribution in [-0.4, -0.2) is 20.7 Å². The number of carbonyl (C=O) groups is 1. The second-order valence-electron chi connectivity index (χ2n) is 5.45. The van der Waals surface area contributed by atoms with E-state index in [2.05, 4.69) is 15.4 Å². The fourth-order valence-electron chi connectivity index (χ4n) is 2.34. The number of hydrogen-bond acceptors (Lipinski definition) is 3. The molecule has 0 unspecified atom stereocenters. The zero-order chi connectivity index (χ0) is 16.8. The van der Waals surface area contributed by atoms with Crippen molar-refractivity contribution in [2.75, 3.05) is 0 Å². The van der Waals surface area contributed by atoms with Gasteiger partial charge >= 0.3 is 0 Å². The Morgan fingerprint density at radius 1 is 1.08 bits per heavy atom. The molecule has 1 amide bonds. The van der Waals surface area contributed by atoms with Gasteiger partial charge in [-0.3, -0.25) is 4.79 Å². The number of hydrogen-bond donors (Lipinski definition) is 1. The topological polar surface area (TPSA) is 59.8 Å². The Hall–Kier alpha value is -2.66. The Bertz CT molecular complexity index is 800. The molecule has 1 N–H and O–H groups in total. The van der Waals surface area contributed by atoms with Crippen LogP contribution in [0.25, 0.3) is 0 Å². The van der Waals surface area contributed by atoms with Crippen LogP contribution in [0.15, 0.2) is 61.2 Å². The standard InChI is InChI=1S/C18H17ClN4O/c19-17-4-2-1-3-16(17)9-18(24)21-10-14-5-7-15(8-6-14)11-23-13-20-12-22-23/h1-8,12-13H,9-11H2,(H,21,24). The summed E-state index contributed by atoms with van der Waals surface area (Å²) in [5.74, 6) is -0.0465. The third-order valence-corrected chi connectivity index (χ3v) is 4.00. The van der Waals surface area contributed by atoms with Gasteiger partial charge in [0, 0.05) is 11.6 Å². The van der Waals surface area contributed by atoms with Crippen LogP contribution in [0.2, 0.25) is 5.02 Å². The van der Waals surface area contributed by atoms with Crippen molar-refractivity contribution in [2.24, 2.45) is 0 Å². The summed E-state index contributed by atoms with van der Waals surface area (Å²) in [6.07, 6.45) is 3.48. The van der Waals surface area contributed by atoms with Crippen molar-refractivity contribution in [3.05, 3.63) is 82.9 Å². The molecule has 0 aliphatic rings. The maximum absolute atomic E-state index is 12.0. The van der Waals surface area contributed by atoms with E-state index in [4.69, 9.17) is 11.6 Å². The maximum Gasteiger partial charge on any atom is 0.224 e. The van der Waals surface area contributed by atoms with Gasteiger partial charge in [0.15, 0.2) is 0 Å². The lowest BCUT2D eigenvalue weighted by molar-refractivity contribution is -0.120. The number of aromatic nitrogens is 3. The van der Waals surface area contributed by atoms with E-state index in [1.165, 1.54) is 6.33 Å². The van der Waals surface area contributed by atoms with Crippen molar-refractivity contribution in [3.63, 3.8) is 0 Å². The molecule has 3 aromatic rings. The smallest absolute Gasteiger partial charge is 0.224 e. The molecular formula is C18H17ClN4O. The van der Waals surface area contributed by atoms with Crippen LogP contribution in [0.4, 0.5) is 0 Å². The summed E-state index contributed by atoms with van der Waals surface area (Å²) in [5, 5.41) is 7.61. The molecule has 3 rings (SSSR count). The van der Waals surface area contributed by atoms with Crippen LogP contribution < -0.4 is 5.32 Å². The van der Waals surface area contributed by atoms with Crippen molar-refractivity contribution in [1.82, 2.24) is 20.1 Å². The summed E-state index contributed by atoms with van der Waals surface area (Å²) in [4.78, 5) is 15.9. The van der Waals surface area contributed by atoms with Crippen LogP contribution in [0.5, 0.6) is 0 Å². The molecular weight excluding hydrogens is 324 g/mol. The number of nitrogens with one attached hydrogen (secondary N) is 1. The fourth-order valence-corrected chi connectivity index (χ4v) is 2.54. The van der Waals surface area contributed by atoms with Crippen LogP contribution in [0.3, 0.4) is 0 Å². The molecule has 122 valence electrons. The second kappa shape index (κ2) is 7.75. The van der Waals surface area contributed by atoms with E-state index in [1.807, 2.05) is 42.5 Å². The summed E-state index contributed by atoms with van der Waals surface area (Å²) in [6, 6.07) is 15.4. The SMILES string of the molecule is O=C(Cc1ccccc1Cl)NCc1ccc(Cn2cncn2)cc1. The molecule has 1 aromatic heterocycles. The number of benzene rings is 2. The number of rotatable bonds is 6. The first-order valence-electron chi connectivity index (χ1n) is 7.61. The largest absolute Gasteiger partial charge is 0.352 e. The van der Waals surface area contributed by atoms with Crippen LogP contribution in [0.1, 0.15) is 16.7 Å². The molecule has 0 saturated heterocycles. The van der Waals surface area contributed by atoms with E-state index in [-0.39, 0.29) is 12.3 Å².